The van der Waals surface area contributed by atoms with Crippen LogP contribution >= 0.6 is 0 Å². The fourth-order valence-corrected chi connectivity index (χ4v) is 4.49. The highest BCUT2D eigenvalue weighted by Gasteiger charge is 2.52. The number of hydrogen-bond acceptors (Lipinski definition) is 4. The van der Waals surface area contributed by atoms with Crippen LogP contribution in [0.25, 0.3) is 0 Å². The van der Waals surface area contributed by atoms with Crippen molar-refractivity contribution in [1.82, 2.24) is 4.90 Å². The summed E-state index contributed by atoms with van der Waals surface area (Å²) >= 11 is 0. The third-order valence-electron chi connectivity index (χ3n) is 5.54. The van der Waals surface area contributed by atoms with Crippen LogP contribution in [0.5, 0.6) is 0 Å². The van der Waals surface area contributed by atoms with Crippen molar-refractivity contribution >= 4 is 5.71 Å². The zero-order valence-electron chi connectivity index (χ0n) is 13.9. The molecule has 23 heavy (non-hydrogen) atoms. The standard InChI is InChI=1S/C18H25FN2O2/c1-4-15(20-23-3)17-14(11-5-7-12(19)8-6-11)9-13-10-16(22)18(17)21(13)2/h5-8,13-14,16-18,22H,4,9-10H2,1-3H3/t13?,14-,16?,17+,18-/m0/s1. The Morgan fingerprint density at radius 1 is 1.35 bits per heavy atom. The first-order valence-electron chi connectivity index (χ1n) is 8.32. The van der Waals surface area contributed by atoms with Crippen molar-refractivity contribution in [3.63, 3.8) is 0 Å². The van der Waals surface area contributed by atoms with Gasteiger partial charge in [-0.15, -0.1) is 0 Å². The van der Waals surface area contributed by atoms with E-state index in [1.54, 1.807) is 7.11 Å². The fraction of sp³-hybridized carbons (Fsp3) is 0.611. The van der Waals surface area contributed by atoms with Crippen LogP contribution in [0.2, 0.25) is 0 Å². The van der Waals surface area contributed by atoms with Crippen molar-refractivity contribution in [2.75, 3.05) is 14.2 Å². The quantitative estimate of drug-likeness (QED) is 0.685. The molecule has 2 aliphatic heterocycles. The predicted molar refractivity (Wildman–Crippen MR) is 87.9 cm³/mol. The van der Waals surface area contributed by atoms with Gasteiger partial charge in [-0.2, -0.15) is 0 Å². The SMILES string of the molecule is CCC(=NOC)[C@H]1[C@H](c2ccc(F)cc2)CC2CC(O)[C@@H]1N2C. The number of aliphatic hydroxyl groups is 1. The number of fused-ring (bicyclic) bond motifs is 2. The molecule has 2 saturated heterocycles. The molecule has 1 aromatic rings. The third-order valence-corrected chi connectivity index (χ3v) is 5.54. The minimum atomic E-state index is -0.353. The number of benzene rings is 1. The van der Waals surface area contributed by atoms with Crippen molar-refractivity contribution in [3.8, 4) is 0 Å². The predicted octanol–water partition coefficient (Wildman–Crippen LogP) is 2.78. The summed E-state index contributed by atoms with van der Waals surface area (Å²) in [5.74, 6) is 0.0967. The second kappa shape index (κ2) is 6.57. The zero-order valence-corrected chi connectivity index (χ0v) is 13.9. The largest absolute Gasteiger partial charge is 0.399 e. The molecule has 3 rings (SSSR count). The Hall–Kier alpha value is -1.46. The van der Waals surface area contributed by atoms with Crippen LogP contribution in [-0.4, -0.2) is 48.1 Å². The minimum absolute atomic E-state index is 0.0395. The summed E-state index contributed by atoms with van der Waals surface area (Å²) in [4.78, 5) is 7.34. The lowest BCUT2D eigenvalue weighted by Gasteiger charge is -2.43. The molecule has 0 saturated carbocycles. The molecule has 4 nitrogen and oxygen atoms in total. The van der Waals surface area contributed by atoms with E-state index in [2.05, 4.69) is 24.0 Å². The van der Waals surface area contributed by atoms with E-state index in [4.69, 9.17) is 4.84 Å². The van der Waals surface area contributed by atoms with Crippen molar-refractivity contribution in [2.45, 2.75) is 50.3 Å². The number of halogens is 1. The van der Waals surface area contributed by atoms with Crippen LogP contribution in [0.1, 0.15) is 37.7 Å². The van der Waals surface area contributed by atoms with Crippen LogP contribution in [-0.2, 0) is 4.84 Å². The summed E-state index contributed by atoms with van der Waals surface area (Å²) in [5.41, 5.74) is 2.09. The van der Waals surface area contributed by atoms with E-state index in [9.17, 15) is 9.50 Å². The molecule has 0 aromatic heterocycles. The molecule has 0 amide bonds. The average Bonchev–Trinajstić information content (AvgIpc) is 2.72. The topological polar surface area (TPSA) is 45.1 Å². The molecule has 126 valence electrons. The third kappa shape index (κ3) is 2.88. The number of piperidine rings is 1. The Bertz CT molecular complexity index is 575. The van der Waals surface area contributed by atoms with Crippen LogP contribution in [0.15, 0.2) is 29.4 Å². The second-order valence-electron chi connectivity index (χ2n) is 6.65. The molecular formula is C18H25FN2O2. The van der Waals surface area contributed by atoms with Crippen molar-refractivity contribution in [3.05, 3.63) is 35.6 Å². The zero-order chi connectivity index (χ0) is 16.6. The maximum atomic E-state index is 13.3. The van der Waals surface area contributed by atoms with Gasteiger partial charge in [0.25, 0.3) is 0 Å². The summed E-state index contributed by atoms with van der Waals surface area (Å²) in [7, 11) is 3.64. The summed E-state index contributed by atoms with van der Waals surface area (Å²) < 4.78 is 13.3. The highest BCUT2D eigenvalue weighted by atomic mass is 19.1. The maximum absolute atomic E-state index is 13.3. The number of nitrogens with zero attached hydrogens (tertiary/aromatic N) is 2. The van der Waals surface area contributed by atoms with Gasteiger partial charge in [0.2, 0.25) is 0 Å². The van der Waals surface area contributed by atoms with Gasteiger partial charge in [0.05, 0.1) is 11.8 Å². The van der Waals surface area contributed by atoms with Gasteiger partial charge in [-0.1, -0.05) is 24.2 Å². The molecule has 0 spiro atoms. The molecule has 2 unspecified atom stereocenters. The van der Waals surface area contributed by atoms with E-state index >= 15 is 0 Å². The smallest absolute Gasteiger partial charge is 0.123 e. The van der Waals surface area contributed by atoms with Gasteiger partial charge in [0, 0.05) is 18.0 Å². The van der Waals surface area contributed by atoms with Crippen LogP contribution in [0.4, 0.5) is 4.39 Å². The molecule has 5 heteroatoms. The Morgan fingerprint density at radius 2 is 2.04 bits per heavy atom. The first-order valence-corrected chi connectivity index (χ1v) is 8.32. The second-order valence-corrected chi connectivity index (χ2v) is 6.65. The number of likely N-dealkylation sites (N-methyl/N-ethyl adjacent to an activating group) is 1. The van der Waals surface area contributed by atoms with Gasteiger partial charge in [-0.05, 0) is 49.9 Å². The van der Waals surface area contributed by atoms with E-state index < -0.39 is 0 Å². The summed E-state index contributed by atoms with van der Waals surface area (Å²) in [6, 6.07) is 7.17. The molecule has 2 aliphatic rings. The Kier molecular flexibility index (Phi) is 4.69. The molecule has 0 aliphatic carbocycles. The number of oxime groups is 1. The molecule has 1 aromatic carbocycles. The number of rotatable bonds is 4. The van der Waals surface area contributed by atoms with E-state index in [1.807, 2.05) is 12.1 Å². The van der Waals surface area contributed by atoms with E-state index in [1.165, 1.54) is 12.1 Å². The van der Waals surface area contributed by atoms with Gasteiger partial charge < -0.3 is 9.94 Å². The number of aliphatic hydroxyl groups excluding tert-OH is 1. The lowest BCUT2D eigenvalue weighted by molar-refractivity contribution is 0.0694. The first-order chi connectivity index (χ1) is 11.1. The first kappa shape index (κ1) is 16.4. The van der Waals surface area contributed by atoms with E-state index in [0.717, 1.165) is 30.5 Å². The molecule has 1 N–H and O–H groups in total. The summed E-state index contributed by atoms with van der Waals surface area (Å²) in [6.07, 6.45) is 2.16. The Morgan fingerprint density at radius 3 is 2.65 bits per heavy atom. The minimum Gasteiger partial charge on any atom is -0.399 e. The molecule has 2 fully saturated rings. The van der Waals surface area contributed by atoms with Crippen molar-refractivity contribution < 1.29 is 14.3 Å². The van der Waals surface area contributed by atoms with Crippen LogP contribution in [0, 0.1) is 11.7 Å². The Labute approximate surface area is 136 Å². The van der Waals surface area contributed by atoms with Gasteiger partial charge >= 0.3 is 0 Å². The van der Waals surface area contributed by atoms with Crippen LogP contribution in [0.3, 0.4) is 0 Å². The molecular weight excluding hydrogens is 295 g/mol. The van der Waals surface area contributed by atoms with Gasteiger partial charge in [0.1, 0.15) is 12.9 Å². The summed E-state index contributed by atoms with van der Waals surface area (Å²) in [5, 5.41) is 14.8. The average molecular weight is 320 g/mol. The van der Waals surface area contributed by atoms with Gasteiger partial charge in [-0.25, -0.2) is 4.39 Å². The van der Waals surface area contributed by atoms with Gasteiger partial charge in [0.15, 0.2) is 0 Å². The maximum Gasteiger partial charge on any atom is 0.123 e. The normalized spacial score (nSPS) is 34.7. The van der Waals surface area contributed by atoms with Gasteiger partial charge in [-0.3, -0.25) is 4.90 Å². The number of hydrogen-bond donors (Lipinski definition) is 1. The van der Waals surface area contributed by atoms with Crippen LogP contribution < -0.4 is 0 Å². The highest BCUT2D eigenvalue weighted by Crippen LogP contribution is 2.47. The highest BCUT2D eigenvalue weighted by molar-refractivity contribution is 5.88. The van der Waals surface area contributed by atoms with Crippen molar-refractivity contribution in [2.24, 2.45) is 11.1 Å². The monoisotopic (exact) mass is 320 g/mol. The summed E-state index contributed by atoms with van der Waals surface area (Å²) in [6.45, 7) is 2.06. The molecule has 5 atom stereocenters. The Balaban J connectivity index is 2.02. The van der Waals surface area contributed by atoms with Crippen molar-refractivity contribution in [1.29, 1.82) is 0 Å². The van der Waals surface area contributed by atoms with E-state index in [-0.39, 0.29) is 29.8 Å². The lowest BCUT2D eigenvalue weighted by atomic mass is 9.73. The molecule has 2 bridgehead atoms. The van der Waals surface area contributed by atoms with E-state index in [0.29, 0.717) is 6.04 Å². The lowest BCUT2D eigenvalue weighted by Crippen LogP contribution is -2.51. The molecule has 2 heterocycles. The molecule has 0 radical (unpaired) electrons. The fourth-order valence-electron chi connectivity index (χ4n) is 4.49.